The fraction of sp³-hybridized carbons (Fsp3) is 0.600. The maximum absolute atomic E-state index is 11.5. The molecule has 0 spiro atoms. The summed E-state index contributed by atoms with van der Waals surface area (Å²) >= 11 is 10.3. The molecule has 0 aliphatic rings. The van der Waals surface area contributed by atoms with Crippen LogP contribution in [0.1, 0.15) is 13.8 Å². The summed E-state index contributed by atoms with van der Waals surface area (Å²) in [5, 5.41) is 0.343. The average molecular weight is 312 g/mol. The summed E-state index contributed by atoms with van der Waals surface area (Å²) < 4.78 is 20.3. The molecule has 0 fully saturated rings. The van der Waals surface area contributed by atoms with Crippen LogP contribution in [0, 0.1) is 0 Å². The highest BCUT2D eigenvalue weighted by Gasteiger charge is 2.28. The zero-order valence-electron chi connectivity index (χ0n) is 10.8. The highest BCUT2D eigenvalue weighted by atomic mass is 32.5. The lowest BCUT2D eigenvalue weighted by atomic mass is 10.5. The van der Waals surface area contributed by atoms with E-state index in [-0.39, 0.29) is 17.0 Å². The first-order chi connectivity index (χ1) is 8.45. The molecule has 0 bridgehead atoms. The number of hydrogen-bond acceptors (Lipinski definition) is 7. The summed E-state index contributed by atoms with van der Waals surface area (Å²) in [7, 11) is 2.80. The molecule has 8 heteroatoms. The lowest BCUT2D eigenvalue weighted by molar-refractivity contribution is -0.137. The molecule has 0 radical (unpaired) electrons. The zero-order valence-corrected chi connectivity index (χ0v) is 13.3. The smallest absolute Gasteiger partial charge is 0.331 e. The molecule has 0 aromatic heterocycles. The summed E-state index contributed by atoms with van der Waals surface area (Å²) in [6.07, 6.45) is 1.18. The Morgan fingerprint density at radius 3 is 2.06 bits per heavy atom. The molecule has 0 aliphatic carbocycles. The molecule has 18 heavy (non-hydrogen) atoms. The van der Waals surface area contributed by atoms with Crippen molar-refractivity contribution in [3.05, 3.63) is 11.4 Å². The van der Waals surface area contributed by atoms with Crippen molar-refractivity contribution >= 4 is 41.5 Å². The zero-order chi connectivity index (χ0) is 14.2. The van der Waals surface area contributed by atoms with Crippen molar-refractivity contribution in [2.75, 3.05) is 27.4 Å². The SMILES string of the molecule is CCOC(=O)C=C(C(=S)OCC)P(=S)(OC)OC. The first kappa shape index (κ1) is 17.7. The second-order valence-electron chi connectivity index (χ2n) is 2.86. The van der Waals surface area contributed by atoms with Crippen molar-refractivity contribution < 1.29 is 23.3 Å². The number of carbonyl (C=O) groups is 1. The van der Waals surface area contributed by atoms with E-state index >= 15 is 0 Å². The van der Waals surface area contributed by atoms with Crippen LogP contribution in [0.4, 0.5) is 0 Å². The van der Waals surface area contributed by atoms with Gasteiger partial charge in [0.1, 0.15) is 0 Å². The van der Waals surface area contributed by atoms with E-state index in [9.17, 15) is 4.79 Å². The second kappa shape index (κ2) is 8.72. The third kappa shape index (κ3) is 5.12. The van der Waals surface area contributed by atoms with E-state index in [2.05, 4.69) is 0 Å². The standard InChI is InChI=1S/C10H17O5PS2/c1-5-14-9(11)7-8(10(17)15-6-2)16(18,12-3)13-4/h7H,5-6H2,1-4H3. The molecule has 0 N–H and O–H groups in total. The molecule has 0 aromatic carbocycles. The fourth-order valence-corrected chi connectivity index (χ4v) is 3.23. The maximum Gasteiger partial charge on any atom is 0.331 e. The molecule has 0 heterocycles. The van der Waals surface area contributed by atoms with Crippen LogP contribution in [-0.4, -0.2) is 38.5 Å². The molecule has 0 unspecified atom stereocenters. The van der Waals surface area contributed by atoms with E-state index in [1.165, 1.54) is 20.3 Å². The summed E-state index contributed by atoms with van der Waals surface area (Å²) in [4.78, 5) is 11.5. The Hall–Kier alpha value is -0.330. The van der Waals surface area contributed by atoms with Gasteiger partial charge in [-0.2, -0.15) is 0 Å². The molecular formula is C10H17O5PS2. The van der Waals surface area contributed by atoms with Gasteiger partial charge in [-0.25, -0.2) is 4.79 Å². The molecule has 5 nitrogen and oxygen atoms in total. The average Bonchev–Trinajstić information content (AvgIpc) is 2.35. The summed E-state index contributed by atoms with van der Waals surface area (Å²) in [5.74, 6) is -0.558. The highest BCUT2D eigenvalue weighted by molar-refractivity contribution is 8.12. The third-order valence-electron chi connectivity index (χ3n) is 1.80. The van der Waals surface area contributed by atoms with Crippen LogP contribution >= 0.6 is 18.7 Å². The van der Waals surface area contributed by atoms with Crippen LogP contribution in [0.25, 0.3) is 0 Å². The lowest BCUT2D eigenvalue weighted by Crippen LogP contribution is -2.11. The van der Waals surface area contributed by atoms with Gasteiger partial charge in [0.2, 0.25) is 6.49 Å². The molecule has 104 valence electrons. The Labute approximate surface area is 118 Å². The number of esters is 1. The van der Waals surface area contributed by atoms with Crippen LogP contribution in [-0.2, 0) is 35.1 Å². The van der Waals surface area contributed by atoms with Gasteiger partial charge < -0.3 is 18.5 Å². The Kier molecular flexibility index (Phi) is 8.56. The van der Waals surface area contributed by atoms with Crippen LogP contribution in [0.5, 0.6) is 0 Å². The predicted molar refractivity (Wildman–Crippen MR) is 77.2 cm³/mol. The van der Waals surface area contributed by atoms with E-state index in [4.69, 9.17) is 42.5 Å². The maximum atomic E-state index is 11.5. The van der Waals surface area contributed by atoms with Gasteiger partial charge in [-0.1, -0.05) is 0 Å². The second-order valence-corrected chi connectivity index (χ2v) is 6.88. The van der Waals surface area contributed by atoms with Crippen molar-refractivity contribution in [2.24, 2.45) is 0 Å². The fourth-order valence-electron chi connectivity index (χ4n) is 1.02. The quantitative estimate of drug-likeness (QED) is 0.310. The first-order valence-electron chi connectivity index (χ1n) is 5.22. The normalized spacial score (nSPS) is 12.1. The van der Waals surface area contributed by atoms with Gasteiger partial charge in [0.05, 0.1) is 18.5 Å². The van der Waals surface area contributed by atoms with Crippen molar-refractivity contribution in [1.29, 1.82) is 0 Å². The molecule has 0 amide bonds. The van der Waals surface area contributed by atoms with Gasteiger partial charge >= 0.3 is 5.97 Å². The van der Waals surface area contributed by atoms with Crippen molar-refractivity contribution in [3.63, 3.8) is 0 Å². The highest BCUT2D eigenvalue weighted by Crippen LogP contribution is 2.55. The lowest BCUT2D eigenvalue weighted by Gasteiger charge is -2.21. The van der Waals surface area contributed by atoms with Crippen molar-refractivity contribution in [2.45, 2.75) is 13.8 Å². The van der Waals surface area contributed by atoms with Crippen LogP contribution in [0.3, 0.4) is 0 Å². The first-order valence-corrected chi connectivity index (χ1v) is 8.27. The number of rotatable bonds is 7. The van der Waals surface area contributed by atoms with Gasteiger partial charge in [-0.05, 0) is 37.9 Å². The van der Waals surface area contributed by atoms with E-state index in [0.717, 1.165) is 0 Å². The van der Waals surface area contributed by atoms with Crippen molar-refractivity contribution in [1.82, 2.24) is 0 Å². The Morgan fingerprint density at radius 1 is 1.17 bits per heavy atom. The minimum absolute atomic E-state index is 0.0950. The molecule has 0 aromatic rings. The van der Waals surface area contributed by atoms with Crippen LogP contribution in [0.15, 0.2) is 11.4 Å². The van der Waals surface area contributed by atoms with E-state index in [0.29, 0.717) is 6.61 Å². The van der Waals surface area contributed by atoms with Gasteiger partial charge in [0.25, 0.3) is 0 Å². The predicted octanol–water partition coefficient (Wildman–Crippen LogP) is 2.40. The largest absolute Gasteiger partial charge is 0.483 e. The van der Waals surface area contributed by atoms with Gasteiger partial charge in [0, 0.05) is 20.3 Å². The summed E-state index contributed by atoms with van der Waals surface area (Å²) in [6.45, 7) is 1.27. The summed E-state index contributed by atoms with van der Waals surface area (Å²) in [6, 6.07) is 0. The molecule has 0 aliphatic heterocycles. The van der Waals surface area contributed by atoms with Crippen molar-refractivity contribution in [3.8, 4) is 0 Å². The van der Waals surface area contributed by atoms with Crippen LogP contribution in [0.2, 0.25) is 0 Å². The van der Waals surface area contributed by atoms with E-state index < -0.39 is 12.5 Å². The Bertz CT molecular complexity index is 372. The van der Waals surface area contributed by atoms with Gasteiger partial charge in [-0.3, -0.25) is 0 Å². The summed E-state index contributed by atoms with van der Waals surface area (Å²) in [5.41, 5.74) is 0. The third-order valence-corrected chi connectivity index (χ3v) is 5.66. The van der Waals surface area contributed by atoms with E-state index in [1.54, 1.807) is 13.8 Å². The number of hydrogen-bond donors (Lipinski definition) is 0. The molecular weight excluding hydrogens is 295 g/mol. The monoisotopic (exact) mass is 312 g/mol. The van der Waals surface area contributed by atoms with Gasteiger partial charge in [0.15, 0.2) is 5.05 Å². The van der Waals surface area contributed by atoms with Gasteiger partial charge in [-0.15, -0.1) is 0 Å². The number of carbonyl (C=O) groups excluding carboxylic acids is 1. The minimum Gasteiger partial charge on any atom is -0.483 e. The number of ether oxygens (including phenoxy) is 2. The molecule has 0 saturated heterocycles. The Morgan fingerprint density at radius 2 is 1.67 bits per heavy atom. The van der Waals surface area contributed by atoms with Crippen LogP contribution < -0.4 is 0 Å². The molecule has 0 saturated carbocycles. The number of thiocarbonyl (C=S) groups is 1. The molecule has 0 atom stereocenters. The minimum atomic E-state index is -2.83. The topological polar surface area (TPSA) is 54.0 Å². The van der Waals surface area contributed by atoms with E-state index in [1.807, 2.05) is 0 Å². The molecule has 0 rings (SSSR count). The Balaban J connectivity index is 5.36.